The Morgan fingerprint density at radius 1 is 1.19 bits per heavy atom. The van der Waals surface area contributed by atoms with Crippen LogP contribution in [0.1, 0.15) is 24.2 Å². The number of pyridine rings is 1. The summed E-state index contributed by atoms with van der Waals surface area (Å²) in [7, 11) is 0. The molecule has 1 aliphatic heterocycles. The van der Waals surface area contributed by atoms with E-state index in [1.807, 2.05) is 13.8 Å². The Balaban J connectivity index is 1.79. The minimum atomic E-state index is -0.691. The Kier molecular flexibility index (Phi) is 3.22. The maximum Gasteiger partial charge on any atom is 0.255 e. The zero-order valence-electron chi connectivity index (χ0n) is 11.5. The van der Waals surface area contributed by atoms with Gasteiger partial charge in [0.05, 0.1) is 0 Å². The molecule has 108 valence electrons. The molecule has 3 rings (SSSR count). The largest absolute Gasteiger partial charge is 0.449 e. The quantitative estimate of drug-likeness (QED) is 0.863. The van der Waals surface area contributed by atoms with E-state index in [9.17, 15) is 4.79 Å². The van der Waals surface area contributed by atoms with Gasteiger partial charge in [-0.15, -0.1) is 0 Å². The normalized spacial score (nSPS) is 14.8. The fraction of sp³-hybridized carbons (Fsp3) is 0.200. The number of nitrogens with one attached hydrogen (secondary N) is 1. The van der Waals surface area contributed by atoms with Gasteiger partial charge in [0.1, 0.15) is 5.15 Å². The molecule has 0 spiro atoms. The number of ether oxygens (including phenoxy) is 2. The Hall–Kier alpha value is -2.27. The van der Waals surface area contributed by atoms with Crippen LogP contribution in [0.25, 0.3) is 0 Å². The maximum atomic E-state index is 12.1. The number of hydrogen-bond acceptors (Lipinski definition) is 4. The number of carbonyl (C=O) groups excluding carboxylic acids is 1. The van der Waals surface area contributed by atoms with Gasteiger partial charge >= 0.3 is 0 Å². The van der Waals surface area contributed by atoms with E-state index in [0.717, 1.165) is 0 Å². The molecule has 0 aliphatic carbocycles. The van der Waals surface area contributed by atoms with E-state index in [2.05, 4.69) is 10.3 Å². The molecule has 0 radical (unpaired) electrons. The molecule has 1 aromatic heterocycles. The average Bonchev–Trinajstić information content (AvgIpc) is 2.72. The summed E-state index contributed by atoms with van der Waals surface area (Å²) in [4.78, 5) is 16.0. The number of rotatable bonds is 2. The minimum Gasteiger partial charge on any atom is -0.449 e. The van der Waals surface area contributed by atoms with E-state index >= 15 is 0 Å². The van der Waals surface area contributed by atoms with Crippen molar-refractivity contribution in [2.45, 2.75) is 19.6 Å². The van der Waals surface area contributed by atoms with Crippen LogP contribution in [-0.4, -0.2) is 16.7 Å². The molecular weight excluding hydrogens is 292 g/mol. The number of benzene rings is 1. The van der Waals surface area contributed by atoms with Gasteiger partial charge in [0.2, 0.25) is 5.79 Å². The van der Waals surface area contributed by atoms with Crippen LogP contribution in [0.2, 0.25) is 5.15 Å². The third-order valence-electron chi connectivity index (χ3n) is 2.90. The lowest BCUT2D eigenvalue weighted by Gasteiger charge is -2.16. The van der Waals surface area contributed by atoms with E-state index in [1.165, 1.54) is 12.3 Å². The first-order valence-corrected chi connectivity index (χ1v) is 6.76. The molecule has 0 fully saturated rings. The summed E-state index contributed by atoms with van der Waals surface area (Å²) in [5.41, 5.74) is 1.06. The van der Waals surface area contributed by atoms with Crippen molar-refractivity contribution < 1.29 is 14.3 Å². The second-order valence-electron chi connectivity index (χ2n) is 5.09. The van der Waals surface area contributed by atoms with E-state index in [4.69, 9.17) is 21.1 Å². The van der Waals surface area contributed by atoms with Crippen LogP contribution in [0.15, 0.2) is 36.5 Å². The number of amides is 1. The highest BCUT2D eigenvalue weighted by atomic mass is 35.5. The number of aromatic nitrogens is 1. The summed E-state index contributed by atoms with van der Waals surface area (Å²) in [6, 6.07) is 8.35. The molecule has 1 amide bonds. The van der Waals surface area contributed by atoms with Gasteiger partial charge < -0.3 is 14.8 Å². The predicted octanol–water partition coefficient (Wildman–Crippen LogP) is 3.49. The molecule has 2 aromatic rings. The molecule has 2 heterocycles. The summed E-state index contributed by atoms with van der Waals surface area (Å²) in [5.74, 6) is 0.303. The van der Waals surface area contributed by atoms with Crippen molar-refractivity contribution in [2.24, 2.45) is 0 Å². The van der Waals surface area contributed by atoms with Gasteiger partial charge in [0, 0.05) is 37.4 Å². The first-order chi connectivity index (χ1) is 9.93. The van der Waals surface area contributed by atoms with E-state index in [0.29, 0.717) is 22.7 Å². The summed E-state index contributed by atoms with van der Waals surface area (Å²) >= 11 is 5.77. The zero-order valence-corrected chi connectivity index (χ0v) is 12.3. The van der Waals surface area contributed by atoms with Crippen molar-refractivity contribution in [2.75, 3.05) is 5.32 Å². The molecule has 6 heteroatoms. The lowest BCUT2D eigenvalue weighted by atomic mass is 10.2. The lowest BCUT2D eigenvalue weighted by Crippen LogP contribution is -2.29. The zero-order chi connectivity index (χ0) is 15.0. The highest BCUT2D eigenvalue weighted by Crippen LogP contribution is 2.40. The van der Waals surface area contributed by atoms with Crippen LogP contribution in [-0.2, 0) is 0 Å². The monoisotopic (exact) mass is 304 g/mol. The van der Waals surface area contributed by atoms with E-state index in [-0.39, 0.29) is 11.1 Å². The fourth-order valence-corrected chi connectivity index (χ4v) is 2.22. The van der Waals surface area contributed by atoms with Gasteiger partial charge in [-0.3, -0.25) is 4.79 Å². The van der Waals surface area contributed by atoms with Crippen molar-refractivity contribution in [3.05, 3.63) is 47.2 Å². The van der Waals surface area contributed by atoms with Gasteiger partial charge in [0.25, 0.3) is 5.91 Å². The molecule has 5 nitrogen and oxygen atoms in total. The second kappa shape index (κ2) is 4.93. The van der Waals surface area contributed by atoms with Crippen molar-refractivity contribution in [3.63, 3.8) is 0 Å². The molecule has 0 atom stereocenters. The molecule has 1 aromatic carbocycles. The topological polar surface area (TPSA) is 60.5 Å². The standard InChI is InChI=1S/C15H13ClN2O3/c1-15(2)20-11-4-3-10(8-12(11)21-15)18-14(19)9-5-6-17-13(16)7-9/h3-8H,1-2H3,(H,18,19). The third kappa shape index (κ3) is 2.92. The highest BCUT2D eigenvalue weighted by molar-refractivity contribution is 6.29. The molecule has 0 saturated heterocycles. The van der Waals surface area contributed by atoms with Gasteiger partial charge in [0.15, 0.2) is 11.5 Å². The molecule has 0 saturated carbocycles. The summed E-state index contributed by atoms with van der Waals surface area (Å²) < 4.78 is 11.2. The van der Waals surface area contributed by atoms with Crippen LogP contribution in [0, 0.1) is 0 Å². The highest BCUT2D eigenvalue weighted by Gasteiger charge is 2.31. The number of carbonyl (C=O) groups is 1. The Bertz CT molecular complexity index is 716. The molecule has 1 aliphatic rings. The summed E-state index contributed by atoms with van der Waals surface area (Å²) in [5, 5.41) is 3.05. The predicted molar refractivity (Wildman–Crippen MR) is 79.0 cm³/mol. The van der Waals surface area contributed by atoms with Crippen molar-refractivity contribution in [1.82, 2.24) is 4.98 Å². The maximum absolute atomic E-state index is 12.1. The molecule has 0 bridgehead atoms. The third-order valence-corrected chi connectivity index (χ3v) is 3.11. The fourth-order valence-electron chi connectivity index (χ4n) is 2.05. The smallest absolute Gasteiger partial charge is 0.255 e. The second-order valence-corrected chi connectivity index (χ2v) is 5.47. The van der Waals surface area contributed by atoms with Gasteiger partial charge in [-0.05, 0) is 24.3 Å². The first-order valence-electron chi connectivity index (χ1n) is 6.38. The van der Waals surface area contributed by atoms with Gasteiger partial charge in [-0.2, -0.15) is 0 Å². The van der Waals surface area contributed by atoms with Crippen LogP contribution in [0.5, 0.6) is 11.5 Å². The minimum absolute atomic E-state index is 0.266. The van der Waals surface area contributed by atoms with E-state index in [1.54, 1.807) is 24.3 Å². The number of nitrogens with zero attached hydrogens (tertiary/aromatic N) is 1. The first kappa shape index (κ1) is 13.7. The molecular formula is C15H13ClN2O3. The van der Waals surface area contributed by atoms with E-state index < -0.39 is 5.79 Å². The number of hydrogen-bond donors (Lipinski definition) is 1. The van der Waals surface area contributed by atoms with Crippen molar-refractivity contribution in [1.29, 1.82) is 0 Å². The number of fused-ring (bicyclic) bond motifs is 1. The SMILES string of the molecule is CC1(C)Oc2ccc(NC(=O)c3ccnc(Cl)c3)cc2O1. The van der Waals surface area contributed by atoms with Gasteiger partial charge in [-0.25, -0.2) is 4.98 Å². The Morgan fingerprint density at radius 2 is 1.95 bits per heavy atom. The summed E-state index contributed by atoms with van der Waals surface area (Å²) in [6.07, 6.45) is 1.49. The lowest BCUT2D eigenvalue weighted by molar-refractivity contribution is -0.0431. The number of halogens is 1. The molecule has 0 unspecified atom stereocenters. The number of anilines is 1. The van der Waals surface area contributed by atoms with Crippen LogP contribution >= 0.6 is 11.6 Å². The average molecular weight is 305 g/mol. The van der Waals surface area contributed by atoms with Crippen LogP contribution in [0.4, 0.5) is 5.69 Å². The van der Waals surface area contributed by atoms with Crippen LogP contribution < -0.4 is 14.8 Å². The van der Waals surface area contributed by atoms with Crippen molar-refractivity contribution in [3.8, 4) is 11.5 Å². The van der Waals surface area contributed by atoms with Crippen molar-refractivity contribution >= 4 is 23.2 Å². The molecule has 21 heavy (non-hydrogen) atoms. The summed E-state index contributed by atoms with van der Waals surface area (Å²) in [6.45, 7) is 3.65. The van der Waals surface area contributed by atoms with Crippen LogP contribution in [0.3, 0.4) is 0 Å². The molecule has 1 N–H and O–H groups in total. The van der Waals surface area contributed by atoms with Gasteiger partial charge in [-0.1, -0.05) is 11.6 Å². The Labute approximate surface area is 126 Å². The Morgan fingerprint density at radius 3 is 2.71 bits per heavy atom.